The van der Waals surface area contributed by atoms with E-state index in [2.05, 4.69) is 0 Å². The fourth-order valence-corrected chi connectivity index (χ4v) is 1.75. The van der Waals surface area contributed by atoms with Crippen molar-refractivity contribution in [1.82, 2.24) is 0 Å². The summed E-state index contributed by atoms with van der Waals surface area (Å²) in [5.74, 6) is 0. The van der Waals surface area contributed by atoms with Crippen LogP contribution in [0, 0.1) is 0 Å². The molecule has 0 amide bonds. The van der Waals surface area contributed by atoms with Crippen LogP contribution in [-0.2, 0) is 10.8 Å². The summed E-state index contributed by atoms with van der Waals surface area (Å²) in [5.41, 5.74) is 0.975. The molecule has 0 spiro atoms. The quantitative estimate of drug-likeness (QED) is 0.761. The van der Waals surface area contributed by atoms with Crippen LogP contribution in [0.4, 0.5) is 0 Å². The molecular weight excluding hydrogens is 236 g/mol. The topological polar surface area (TPSA) is 17.1 Å². The summed E-state index contributed by atoms with van der Waals surface area (Å²) in [6.45, 7) is 0. The van der Waals surface area contributed by atoms with Gasteiger partial charge in [-0.1, -0.05) is 23.7 Å². The van der Waals surface area contributed by atoms with Crippen molar-refractivity contribution >= 4 is 40.2 Å². The molecule has 1 aromatic carbocycles. The molecule has 1 rings (SSSR count). The summed E-state index contributed by atoms with van der Waals surface area (Å²) in [6.07, 6.45) is 5.32. The van der Waals surface area contributed by atoms with E-state index in [1.54, 1.807) is 24.1 Å². The molecule has 0 aliphatic rings. The van der Waals surface area contributed by atoms with Gasteiger partial charge in [0.15, 0.2) is 0 Å². The van der Waals surface area contributed by atoms with Gasteiger partial charge in [-0.05, 0) is 30.0 Å². The van der Waals surface area contributed by atoms with E-state index in [-0.39, 0.29) is 0 Å². The molecule has 0 bridgehead atoms. The first-order chi connectivity index (χ1) is 6.63. The molecule has 1 nitrogen and oxygen atoms in total. The van der Waals surface area contributed by atoms with Crippen molar-refractivity contribution in [3.05, 3.63) is 34.2 Å². The summed E-state index contributed by atoms with van der Waals surface area (Å²) in [7, 11) is -1.10. The van der Waals surface area contributed by atoms with Crippen molar-refractivity contribution in [3.63, 3.8) is 0 Å². The Morgan fingerprint density at radius 2 is 2.00 bits per heavy atom. The van der Waals surface area contributed by atoms with Crippen LogP contribution in [0.1, 0.15) is 5.56 Å². The van der Waals surface area contributed by atoms with E-state index in [0.29, 0.717) is 4.36 Å². The number of hydrogen-bond acceptors (Lipinski definition) is 2. The predicted molar refractivity (Wildman–Crippen MR) is 66.1 cm³/mol. The van der Waals surface area contributed by atoms with Crippen molar-refractivity contribution in [2.75, 3.05) is 12.5 Å². The molecule has 0 aliphatic heterocycles. The van der Waals surface area contributed by atoms with Crippen molar-refractivity contribution in [1.29, 1.82) is 0 Å². The van der Waals surface area contributed by atoms with Crippen molar-refractivity contribution < 1.29 is 4.21 Å². The average Bonchev–Trinajstić information content (AvgIpc) is 2.19. The van der Waals surface area contributed by atoms with Gasteiger partial charge in [0.25, 0.3) is 0 Å². The van der Waals surface area contributed by atoms with Gasteiger partial charge < -0.3 is 0 Å². The van der Waals surface area contributed by atoms with Crippen LogP contribution < -0.4 is 0 Å². The van der Waals surface area contributed by atoms with Gasteiger partial charge >= 0.3 is 0 Å². The molecule has 0 N–H and O–H groups in total. The number of benzene rings is 1. The smallest absolute Gasteiger partial charge is 0.105 e. The zero-order chi connectivity index (χ0) is 10.6. The summed E-state index contributed by atoms with van der Waals surface area (Å²) >= 11 is 7.47. The highest BCUT2D eigenvalue weighted by Crippen LogP contribution is 2.18. The summed E-state index contributed by atoms with van der Waals surface area (Å²) in [6, 6.07) is 7.95. The Morgan fingerprint density at radius 3 is 2.43 bits per heavy atom. The standard InChI is InChI=1S/C10H11ClOS2/c1-13-9-5-3-8(4-6-9)7-10(11)14(2)12/h3-7H,1-2H3. The van der Waals surface area contributed by atoms with Crippen LogP contribution in [0.25, 0.3) is 6.08 Å². The van der Waals surface area contributed by atoms with Crippen LogP contribution >= 0.6 is 23.4 Å². The highest BCUT2D eigenvalue weighted by molar-refractivity contribution is 7.98. The van der Waals surface area contributed by atoms with Crippen molar-refractivity contribution in [2.45, 2.75) is 4.90 Å². The molecule has 1 aromatic rings. The number of thioether (sulfide) groups is 1. The molecule has 14 heavy (non-hydrogen) atoms. The molecule has 0 radical (unpaired) electrons. The molecule has 1 atom stereocenters. The van der Waals surface area contributed by atoms with Crippen molar-refractivity contribution in [3.8, 4) is 0 Å². The lowest BCUT2D eigenvalue weighted by atomic mass is 10.2. The fraction of sp³-hybridized carbons (Fsp3) is 0.200. The average molecular weight is 247 g/mol. The Balaban J connectivity index is 2.88. The third-order valence-corrected chi connectivity index (χ3v) is 3.84. The van der Waals surface area contributed by atoms with Crippen LogP contribution in [0.2, 0.25) is 0 Å². The zero-order valence-electron chi connectivity index (χ0n) is 7.99. The summed E-state index contributed by atoms with van der Waals surface area (Å²) < 4.78 is 11.4. The zero-order valence-corrected chi connectivity index (χ0v) is 10.4. The van der Waals surface area contributed by atoms with Crippen LogP contribution in [0.15, 0.2) is 33.5 Å². The van der Waals surface area contributed by atoms with E-state index in [9.17, 15) is 4.21 Å². The van der Waals surface area contributed by atoms with Gasteiger partial charge in [0, 0.05) is 11.2 Å². The Bertz CT molecular complexity index is 357. The van der Waals surface area contributed by atoms with E-state index in [1.165, 1.54) is 4.90 Å². The van der Waals surface area contributed by atoms with Gasteiger partial charge in [-0.2, -0.15) is 0 Å². The number of rotatable bonds is 3. The minimum Gasteiger partial charge on any atom is -0.254 e. The van der Waals surface area contributed by atoms with Crippen molar-refractivity contribution in [2.24, 2.45) is 0 Å². The second kappa shape index (κ2) is 5.59. The molecule has 0 fully saturated rings. The van der Waals surface area contributed by atoms with E-state index < -0.39 is 10.8 Å². The second-order valence-electron chi connectivity index (χ2n) is 2.68. The maximum atomic E-state index is 11.0. The second-order valence-corrected chi connectivity index (χ2v) is 5.53. The molecule has 4 heteroatoms. The Hall–Kier alpha value is -0.250. The Morgan fingerprint density at radius 1 is 1.43 bits per heavy atom. The molecule has 0 saturated heterocycles. The Kier molecular flexibility index (Phi) is 4.72. The van der Waals surface area contributed by atoms with Crippen LogP contribution in [0.5, 0.6) is 0 Å². The van der Waals surface area contributed by atoms with Gasteiger partial charge in [0.2, 0.25) is 0 Å². The van der Waals surface area contributed by atoms with E-state index >= 15 is 0 Å². The molecule has 76 valence electrons. The normalized spacial score (nSPS) is 14.1. The first kappa shape index (κ1) is 11.8. The first-order valence-electron chi connectivity index (χ1n) is 3.98. The maximum Gasteiger partial charge on any atom is 0.105 e. The fourth-order valence-electron chi connectivity index (χ4n) is 0.914. The largest absolute Gasteiger partial charge is 0.254 e. The minimum absolute atomic E-state index is 0.377. The maximum absolute atomic E-state index is 11.0. The van der Waals surface area contributed by atoms with Gasteiger partial charge in [-0.25, -0.2) is 0 Å². The van der Waals surface area contributed by atoms with Crippen LogP contribution in [-0.4, -0.2) is 16.7 Å². The Labute approximate surface area is 96.0 Å². The highest BCUT2D eigenvalue weighted by Gasteiger charge is 1.97. The SMILES string of the molecule is CSc1ccc(C=C(Cl)S(C)=O)cc1. The molecule has 0 aliphatic carbocycles. The molecule has 0 heterocycles. The highest BCUT2D eigenvalue weighted by atomic mass is 35.5. The summed E-state index contributed by atoms with van der Waals surface area (Å²) in [5, 5.41) is 0. The van der Waals surface area contributed by atoms with Crippen LogP contribution in [0.3, 0.4) is 0 Å². The molecule has 1 unspecified atom stereocenters. The van der Waals surface area contributed by atoms with Gasteiger partial charge in [0.05, 0.1) is 10.8 Å². The predicted octanol–water partition coefficient (Wildman–Crippen LogP) is 3.32. The van der Waals surface area contributed by atoms with Gasteiger partial charge in [-0.3, -0.25) is 4.21 Å². The molecule has 0 aromatic heterocycles. The first-order valence-corrected chi connectivity index (χ1v) is 7.14. The van der Waals surface area contributed by atoms with Gasteiger partial charge in [0.1, 0.15) is 4.36 Å². The van der Waals surface area contributed by atoms with E-state index in [0.717, 1.165) is 5.56 Å². The van der Waals surface area contributed by atoms with Gasteiger partial charge in [-0.15, -0.1) is 11.8 Å². The third kappa shape index (κ3) is 3.48. The summed E-state index contributed by atoms with van der Waals surface area (Å²) in [4.78, 5) is 1.20. The van der Waals surface area contributed by atoms with E-state index in [1.807, 2.05) is 30.5 Å². The molecular formula is C10H11ClOS2. The minimum atomic E-state index is -1.10. The lowest BCUT2D eigenvalue weighted by molar-refractivity contribution is 0.691. The van der Waals surface area contributed by atoms with E-state index in [4.69, 9.17) is 11.6 Å². The lowest BCUT2D eigenvalue weighted by Gasteiger charge is -1.97. The third-order valence-electron chi connectivity index (χ3n) is 1.67. The number of halogens is 1. The monoisotopic (exact) mass is 246 g/mol. The number of hydrogen-bond donors (Lipinski definition) is 0. The molecule has 0 saturated carbocycles. The lowest BCUT2D eigenvalue weighted by Crippen LogP contribution is -1.83.